The van der Waals surface area contributed by atoms with Crippen LogP contribution < -0.4 is 10.6 Å². The van der Waals surface area contributed by atoms with Crippen LogP contribution in [-0.4, -0.2) is 32.3 Å². The number of rotatable bonds is 7. The third-order valence-corrected chi connectivity index (χ3v) is 6.24. The lowest BCUT2D eigenvalue weighted by Crippen LogP contribution is -2.14. The molecule has 0 unspecified atom stereocenters. The minimum atomic E-state index is -0.185. The van der Waals surface area contributed by atoms with Crippen molar-refractivity contribution in [2.75, 3.05) is 16.4 Å². The predicted octanol–water partition coefficient (Wildman–Crippen LogP) is 5.59. The molecule has 1 heterocycles. The first-order chi connectivity index (χ1) is 16.4. The molecule has 0 aliphatic carbocycles. The molecule has 0 spiro atoms. The molecule has 4 rings (SSSR count). The highest BCUT2D eigenvalue weighted by atomic mass is 35.5. The van der Waals surface area contributed by atoms with Crippen LogP contribution in [0.5, 0.6) is 0 Å². The number of aromatic nitrogens is 3. The summed E-state index contributed by atoms with van der Waals surface area (Å²) in [6.07, 6.45) is 0. The molecule has 0 fully saturated rings. The van der Waals surface area contributed by atoms with Gasteiger partial charge in [-0.1, -0.05) is 59.8 Å². The van der Waals surface area contributed by atoms with Crippen LogP contribution in [0.15, 0.2) is 78.0 Å². The Morgan fingerprint density at radius 1 is 0.941 bits per heavy atom. The maximum Gasteiger partial charge on any atom is 0.234 e. The molecule has 0 aliphatic rings. The van der Waals surface area contributed by atoms with E-state index in [2.05, 4.69) is 20.8 Å². The van der Waals surface area contributed by atoms with Gasteiger partial charge in [0.1, 0.15) is 0 Å². The molecule has 2 N–H and O–H groups in total. The second-order valence-electron chi connectivity index (χ2n) is 7.54. The normalized spacial score (nSPS) is 10.7. The summed E-state index contributed by atoms with van der Waals surface area (Å²) in [5.41, 5.74) is 3.99. The van der Waals surface area contributed by atoms with Crippen molar-refractivity contribution in [2.45, 2.75) is 19.0 Å². The van der Waals surface area contributed by atoms with E-state index < -0.39 is 0 Å². The number of benzene rings is 3. The third-order valence-electron chi connectivity index (χ3n) is 4.90. The SMILES string of the molecule is CC(=O)Nc1ccc(NC(=O)CSc2nnc(-c3ccccc3)n2-c2ccc(C)c(Cl)c2)cc1. The fourth-order valence-corrected chi connectivity index (χ4v) is 4.19. The number of carbonyl (C=O) groups is 2. The van der Waals surface area contributed by atoms with Gasteiger partial charge in [0.25, 0.3) is 0 Å². The second kappa shape index (κ2) is 10.5. The lowest BCUT2D eigenvalue weighted by atomic mass is 10.2. The van der Waals surface area contributed by atoms with Crippen molar-refractivity contribution in [3.05, 3.63) is 83.4 Å². The van der Waals surface area contributed by atoms with Gasteiger partial charge in [-0.2, -0.15) is 0 Å². The Hall–Kier alpha value is -3.62. The first kappa shape index (κ1) is 23.5. The van der Waals surface area contributed by atoms with Crippen molar-refractivity contribution in [2.24, 2.45) is 0 Å². The Kier molecular flexibility index (Phi) is 7.30. The minimum absolute atomic E-state index is 0.139. The van der Waals surface area contributed by atoms with Crippen LogP contribution >= 0.6 is 23.4 Å². The van der Waals surface area contributed by atoms with Gasteiger partial charge in [0, 0.05) is 28.9 Å². The van der Waals surface area contributed by atoms with E-state index in [0.29, 0.717) is 27.4 Å². The van der Waals surface area contributed by atoms with Crippen molar-refractivity contribution in [1.29, 1.82) is 0 Å². The first-order valence-electron chi connectivity index (χ1n) is 10.5. The molecule has 0 bridgehead atoms. The summed E-state index contributed by atoms with van der Waals surface area (Å²) >= 11 is 7.67. The van der Waals surface area contributed by atoms with E-state index in [1.165, 1.54) is 18.7 Å². The summed E-state index contributed by atoms with van der Waals surface area (Å²) in [7, 11) is 0. The highest BCUT2D eigenvalue weighted by Crippen LogP contribution is 2.30. The zero-order valence-electron chi connectivity index (χ0n) is 18.6. The second-order valence-corrected chi connectivity index (χ2v) is 8.89. The smallest absolute Gasteiger partial charge is 0.234 e. The number of nitrogens with one attached hydrogen (secondary N) is 2. The molecule has 2 amide bonds. The molecule has 0 saturated carbocycles. The van der Waals surface area contributed by atoms with Gasteiger partial charge in [-0.05, 0) is 48.9 Å². The topological polar surface area (TPSA) is 88.9 Å². The number of anilines is 2. The molecular weight excluding hydrogens is 470 g/mol. The Morgan fingerprint density at radius 2 is 1.62 bits per heavy atom. The average molecular weight is 492 g/mol. The summed E-state index contributed by atoms with van der Waals surface area (Å²) < 4.78 is 1.90. The number of thioether (sulfide) groups is 1. The lowest BCUT2D eigenvalue weighted by molar-refractivity contribution is -0.114. The molecule has 172 valence electrons. The van der Waals surface area contributed by atoms with Gasteiger partial charge in [0.05, 0.1) is 11.4 Å². The van der Waals surface area contributed by atoms with Gasteiger partial charge in [-0.25, -0.2) is 0 Å². The van der Waals surface area contributed by atoms with Crippen molar-refractivity contribution < 1.29 is 9.59 Å². The molecule has 9 heteroatoms. The Labute approximate surface area is 206 Å². The molecule has 0 radical (unpaired) electrons. The van der Waals surface area contributed by atoms with Gasteiger partial charge in [-0.15, -0.1) is 10.2 Å². The van der Waals surface area contributed by atoms with Crippen molar-refractivity contribution >= 4 is 46.6 Å². The molecule has 7 nitrogen and oxygen atoms in total. The van der Waals surface area contributed by atoms with Crippen molar-refractivity contribution in [3.8, 4) is 17.1 Å². The van der Waals surface area contributed by atoms with E-state index in [1.54, 1.807) is 24.3 Å². The van der Waals surface area contributed by atoms with Crippen LogP contribution in [0.4, 0.5) is 11.4 Å². The Bertz CT molecular complexity index is 1320. The average Bonchev–Trinajstić information content (AvgIpc) is 3.25. The molecule has 34 heavy (non-hydrogen) atoms. The zero-order chi connectivity index (χ0) is 24.1. The number of halogens is 1. The van der Waals surface area contributed by atoms with E-state index in [9.17, 15) is 9.59 Å². The van der Waals surface area contributed by atoms with Gasteiger partial charge in [-0.3, -0.25) is 14.2 Å². The summed E-state index contributed by atoms with van der Waals surface area (Å²) in [6.45, 7) is 3.39. The summed E-state index contributed by atoms with van der Waals surface area (Å²) in [6, 6.07) is 22.4. The van der Waals surface area contributed by atoms with Crippen LogP contribution in [0.1, 0.15) is 12.5 Å². The minimum Gasteiger partial charge on any atom is -0.326 e. The Morgan fingerprint density at radius 3 is 2.26 bits per heavy atom. The van der Waals surface area contributed by atoms with Crippen LogP contribution in [0, 0.1) is 6.92 Å². The number of carbonyl (C=O) groups excluding carboxylic acids is 2. The van der Waals surface area contributed by atoms with Gasteiger partial charge >= 0.3 is 0 Å². The van der Waals surface area contributed by atoms with E-state index in [1.807, 2.05) is 60.0 Å². The summed E-state index contributed by atoms with van der Waals surface area (Å²) in [5, 5.41) is 15.5. The molecule has 0 saturated heterocycles. The summed E-state index contributed by atoms with van der Waals surface area (Å²) in [5.74, 6) is 0.467. The fraction of sp³-hybridized carbons (Fsp3) is 0.120. The highest BCUT2D eigenvalue weighted by Gasteiger charge is 2.18. The number of hydrogen-bond acceptors (Lipinski definition) is 5. The highest BCUT2D eigenvalue weighted by molar-refractivity contribution is 7.99. The van der Waals surface area contributed by atoms with Crippen molar-refractivity contribution in [3.63, 3.8) is 0 Å². The predicted molar refractivity (Wildman–Crippen MR) is 137 cm³/mol. The monoisotopic (exact) mass is 491 g/mol. The van der Waals surface area contributed by atoms with Crippen LogP contribution in [0.2, 0.25) is 5.02 Å². The standard InChI is InChI=1S/C25H22ClN5O2S/c1-16-8-13-21(14-22(16)26)31-24(18-6-4-3-5-7-18)29-30-25(31)34-15-23(33)28-20-11-9-19(10-12-20)27-17(2)32/h3-14H,15H2,1-2H3,(H,27,32)(H,28,33). The summed E-state index contributed by atoms with van der Waals surface area (Å²) in [4.78, 5) is 23.7. The molecule has 3 aromatic carbocycles. The molecule has 0 atom stereocenters. The number of hydrogen-bond donors (Lipinski definition) is 2. The Balaban J connectivity index is 1.53. The zero-order valence-corrected chi connectivity index (χ0v) is 20.2. The van der Waals surface area contributed by atoms with E-state index in [0.717, 1.165) is 16.8 Å². The maximum absolute atomic E-state index is 12.6. The van der Waals surface area contributed by atoms with Gasteiger partial charge < -0.3 is 10.6 Å². The molecule has 1 aromatic heterocycles. The maximum atomic E-state index is 12.6. The molecule has 0 aliphatic heterocycles. The van der Waals surface area contributed by atoms with E-state index in [-0.39, 0.29) is 17.6 Å². The first-order valence-corrected chi connectivity index (χ1v) is 11.8. The molecular formula is C25H22ClN5O2S. The quantitative estimate of drug-likeness (QED) is 0.329. The van der Waals surface area contributed by atoms with Crippen LogP contribution in [0.25, 0.3) is 17.1 Å². The van der Waals surface area contributed by atoms with E-state index in [4.69, 9.17) is 11.6 Å². The third kappa shape index (κ3) is 5.65. The van der Waals surface area contributed by atoms with Crippen molar-refractivity contribution in [1.82, 2.24) is 14.8 Å². The largest absolute Gasteiger partial charge is 0.326 e. The number of amides is 2. The number of aryl methyl sites for hydroxylation is 1. The fourth-order valence-electron chi connectivity index (χ4n) is 3.26. The number of nitrogens with zero attached hydrogens (tertiary/aromatic N) is 3. The van der Waals surface area contributed by atoms with Crippen LogP contribution in [-0.2, 0) is 9.59 Å². The van der Waals surface area contributed by atoms with Gasteiger partial charge in [0.15, 0.2) is 11.0 Å². The van der Waals surface area contributed by atoms with Gasteiger partial charge in [0.2, 0.25) is 11.8 Å². The lowest BCUT2D eigenvalue weighted by Gasteiger charge is -2.12. The van der Waals surface area contributed by atoms with Crippen LogP contribution in [0.3, 0.4) is 0 Å². The van der Waals surface area contributed by atoms with E-state index >= 15 is 0 Å². The molecule has 4 aromatic rings.